The molecule has 1 fully saturated rings. The maximum Gasteiger partial charge on any atom is 0.337 e. The van der Waals surface area contributed by atoms with E-state index in [4.69, 9.17) is 0 Å². The second-order valence-electron chi connectivity index (χ2n) is 5.60. The highest BCUT2D eigenvalue weighted by atomic mass is 16.5. The molecule has 1 saturated carbocycles. The van der Waals surface area contributed by atoms with Crippen LogP contribution < -0.4 is 5.32 Å². The molecule has 1 aliphatic rings. The molecular formula is C17H23NO3. The van der Waals surface area contributed by atoms with Crippen LogP contribution in [0.2, 0.25) is 0 Å². The van der Waals surface area contributed by atoms with Gasteiger partial charge in [0.2, 0.25) is 5.91 Å². The molecule has 0 unspecified atom stereocenters. The maximum absolute atomic E-state index is 12.3. The summed E-state index contributed by atoms with van der Waals surface area (Å²) in [6, 6.07) is 6.82. The average molecular weight is 289 g/mol. The summed E-state index contributed by atoms with van der Waals surface area (Å²) in [5, 5.41) is 2.95. The summed E-state index contributed by atoms with van der Waals surface area (Å²) in [6.07, 6.45) is 8.00. The van der Waals surface area contributed by atoms with Crippen molar-refractivity contribution in [3.05, 3.63) is 29.8 Å². The van der Waals surface area contributed by atoms with Gasteiger partial charge in [-0.05, 0) is 37.1 Å². The molecule has 0 radical (unpaired) electrons. The lowest BCUT2D eigenvalue weighted by Gasteiger charge is -2.19. The summed E-state index contributed by atoms with van der Waals surface area (Å²) in [7, 11) is 1.35. The van der Waals surface area contributed by atoms with Gasteiger partial charge < -0.3 is 10.1 Å². The molecule has 1 aromatic rings. The number of esters is 1. The van der Waals surface area contributed by atoms with Crippen LogP contribution >= 0.6 is 0 Å². The van der Waals surface area contributed by atoms with Gasteiger partial charge in [0.15, 0.2) is 0 Å². The van der Waals surface area contributed by atoms with E-state index in [2.05, 4.69) is 10.1 Å². The zero-order valence-corrected chi connectivity index (χ0v) is 12.6. The van der Waals surface area contributed by atoms with Crippen LogP contribution in [0.1, 0.15) is 55.3 Å². The first kappa shape index (κ1) is 15.5. The van der Waals surface area contributed by atoms with Crippen molar-refractivity contribution in [2.24, 2.45) is 5.92 Å². The number of methoxy groups -OCH3 is 1. The fourth-order valence-corrected chi connectivity index (χ4v) is 2.77. The zero-order valence-electron chi connectivity index (χ0n) is 12.6. The van der Waals surface area contributed by atoms with Gasteiger partial charge >= 0.3 is 5.97 Å². The maximum atomic E-state index is 12.3. The van der Waals surface area contributed by atoms with Gasteiger partial charge in [-0.2, -0.15) is 0 Å². The monoisotopic (exact) mass is 289 g/mol. The van der Waals surface area contributed by atoms with Crippen molar-refractivity contribution in [2.45, 2.75) is 44.9 Å². The summed E-state index contributed by atoms with van der Waals surface area (Å²) < 4.78 is 4.65. The van der Waals surface area contributed by atoms with Crippen molar-refractivity contribution >= 4 is 17.6 Å². The second kappa shape index (κ2) is 7.81. The number of rotatable bonds is 3. The van der Waals surface area contributed by atoms with Gasteiger partial charge in [0, 0.05) is 11.6 Å². The fourth-order valence-electron chi connectivity index (χ4n) is 2.77. The van der Waals surface area contributed by atoms with E-state index >= 15 is 0 Å². The minimum atomic E-state index is -0.368. The molecule has 21 heavy (non-hydrogen) atoms. The number of hydrogen-bond acceptors (Lipinski definition) is 3. The Hall–Kier alpha value is -1.84. The van der Waals surface area contributed by atoms with E-state index < -0.39 is 0 Å². The lowest BCUT2D eigenvalue weighted by Crippen LogP contribution is -2.23. The van der Waals surface area contributed by atoms with E-state index in [1.54, 1.807) is 24.3 Å². The molecule has 0 atom stereocenters. The molecule has 2 rings (SSSR count). The van der Waals surface area contributed by atoms with E-state index in [0.717, 1.165) is 31.4 Å². The molecule has 1 amide bonds. The molecule has 0 bridgehead atoms. The highest BCUT2D eigenvalue weighted by molar-refractivity contribution is 5.94. The topological polar surface area (TPSA) is 55.4 Å². The second-order valence-corrected chi connectivity index (χ2v) is 5.60. The molecule has 114 valence electrons. The highest BCUT2D eigenvalue weighted by Gasteiger charge is 2.19. The van der Waals surface area contributed by atoms with Crippen LogP contribution in [-0.2, 0) is 9.53 Å². The lowest BCUT2D eigenvalue weighted by molar-refractivity contribution is -0.120. The summed E-state index contributed by atoms with van der Waals surface area (Å²) in [5.74, 6) is -0.152. The van der Waals surface area contributed by atoms with E-state index in [9.17, 15) is 9.59 Å². The molecule has 0 heterocycles. The van der Waals surface area contributed by atoms with E-state index in [1.807, 2.05) is 0 Å². The number of anilines is 1. The number of hydrogen-bond donors (Lipinski definition) is 1. The van der Waals surface area contributed by atoms with Gasteiger partial charge in [0.1, 0.15) is 0 Å². The summed E-state index contributed by atoms with van der Waals surface area (Å²) in [6.45, 7) is 0. The Labute approximate surface area is 125 Å². The first-order valence-corrected chi connectivity index (χ1v) is 7.70. The predicted octanol–water partition coefficient (Wildman–Crippen LogP) is 3.77. The molecule has 1 aromatic carbocycles. The van der Waals surface area contributed by atoms with Crippen molar-refractivity contribution in [1.29, 1.82) is 0 Å². The van der Waals surface area contributed by atoms with Crippen molar-refractivity contribution in [2.75, 3.05) is 12.4 Å². The lowest BCUT2D eigenvalue weighted by atomic mass is 9.90. The van der Waals surface area contributed by atoms with Gasteiger partial charge in [-0.1, -0.05) is 32.1 Å². The standard InChI is InChI=1S/C17H23NO3/c1-21-17(20)14-9-11-15(12-10-14)18-16(19)13-7-5-3-2-4-6-8-13/h9-13H,2-8H2,1H3,(H,18,19). The van der Waals surface area contributed by atoms with Crippen LogP contribution in [0.3, 0.4) is 0 Å². The third kappa shape index (κ3) is 4.59. The van der Waals surface area contributed by atoms with Crippen molar-refractivity contribution in [3.8, 4) is 0 Å². The van der Waals surface area contributed by atoms with E-state index in [1.165, 1.54) is 26.4 Å². The van der Waals surface area contributed by atoms with Gasteiger partial charge in [-0.3, -0.25) is 4.79 Å². The number of benzene rings is 1. The molecule has 0 aromatic heterocycles. The van der Waals surface area contributed by atoms with Crippen molar-refractivity contribution in [1.82, 2.24) is 0 Å². The third-order valence-corrected chi connectivity index (χ3v) is 4.05. The average Bonchev–Trinajstić information content (AvgIpc) is 2.46. The Balaban J connectivity index is 1.93. The van der Waals surface area contributed by atoms with Crippen LogP contribution in [0.25, 0.3) is 0 Å². The van der Waals surface area contributed by atoms with Crippen LogP contribution in [0, 0.1) is 5.92 Å². The Morgan fingerprint density at radius 3 is 2.14 bits per heavy atom. The molecule has 1 N–H and O–H groups in total. The molecule has 4 heteroatoms. The Morgan fingerprint density at radius 2 is 1.57 bits per heavy atom. The molecule has 0 saturated heterocycles. The minimum absolute atomic E-state index is 0.0997. The molecular weight excluding hydrogens is 266 g/mol. The Bertz CT molecular complexity index is 473. The van der Waals surface area contributed by atoms with Gasteiger partial charge in [0.25, 0.3) is 0 Å². The normalized spacial score (nSPS) is 16.6. The molecule has 0 spiro atoms. The smallest absolute Gasteiger partial charge is 0.337 e. The largest absolute Gasteiger partial charge is 0.465 e. The van der Waals surface area contributed by atoms with Crippen molar-refractivity contribution < 1.29 is 14.3 Å². The highest BCUT2D eigenvalue weighted by Crippen LogP contribution is 2.23. The summed E-state index contributed by atoms with van der Waals surface area (Å²) in [4.78, 5) is 23.7. The number of ether oxygens (including phenoxy) is 1. The molecule has 0 aliphatic heterocycles. The van der Waals surface area contributed by atoms with Crippen molar-refractivity contribution in [3.63, 3.8) is 0 Å². The minimum Gasteiger partial charge on any atom is -0.465 e. The number of nitrogens with one attached hydrogen (secondary N) is 1. The van der Waals surface area contributed by atoms with Gasteiger partial charge in [-0.15, -0.1) is 0 Å². The number of carbonyl (C=O) groups is 2. The molecule has 1 aliphatic carbocycles. The van der Waals surface area contributed by atoms with Crippen LogP contribution in [0.5, 0.6) is 0 Å². The summed E-state index contributed by atoms with van der Waals surface area (Å²) >= 11 is 0. The number of carbonyl (C=O) groups excluding carboxylic acids is 2. The Kier molecular flexibility index (Phi) is 5.78. The van der Waals surface area contributed by atoms with Crippen LogP contribution in [0.4, 0.5) is 5.69 Å². The van der Waals surface area contributed by atoms with E-state index in [-0.39, 0.29) is 17.8 Å². The third-order valence-electron chi connectivity index (χ3n) is 4.05. The number of amides is 1. The van der Waals surface area contributed by atoms with Gasteiger partial charge in [-0.25, -0.2) is 4.79 Å². The fraction of sp³-hybridized carbons (Fsp3) is 0.529. The first-order chi connectivity index (χ1) is 10.2. The van der Waals surface area contributed by atoms with Gasteiger partial charge in [0.05, 0.1) is 12.7 Å². The SMILES string of the molecule is COC(=O)c1ccc(NC(=O)C2CCCCCCC2)cc1. The van der Waals surface area contributed by atoms with E-state index in [0.29, 0.717) is 5.56 Å². The summed E-state index contributed by atoms with van der Waals surface area (Å²) in [5.41, 5.74) is 1.22. The van der Waals surface area contributed by atoms with Crippen LogP contribution in [0.15, 0.2) is 24.3 Å². The molecule has 4 nitrogen and oxygen atoms in total. The quantitative estimate of drug-likeness (QED) is 0.862. The first-order valence-electron chi connectivity index (χ1n) is 7.70. The zero-order chi connectivity index (χ0) is 15.1. The Morgan fingerprint density at radius 1 is 1.00 bits per heavy atom. The van der Waals surface area contributed by atoms with Crippen LogP contribution in [-0.4, -0.2) is 19.0 Å². The predicted molar refractivity (Wildman–Crippen MR) is 82.2 cm³/mol.